The zero-order chi connectivity index (χ0) is 23.8. The number of hydrogen-bond donors (Lipinski definition) is 4. The van der Waals surface area contributed by atoms with Crippen molar-refractivity contribution in [3.63, 3.8) is 0 Å². The lowest BCUT2D eigenvalue weighted by Crippen LogP contribution is -2.22. The molecule has 0 spiro atoms. The molecule has 0 aromatic heterocycles. The molecule has 3 rings (SSSR count). The third-order valence-corrected chi connectivity index (χ3v) is 5.78. The smallest absolute Gasteiger partial charge is 0.412 e. The van der Waals surface area contributed by atoms with Gasteiger partial charge < -0.3 is 9.84 Å². The highest BCUT2D eigenvalue weighted by atomic mass is 79.9. The molecule has 7 nitrogen and oxygen atoms in total. The average molecular weight is 513 g/mol. The topological polar surface area (TPSA) is 108 Å². The van der Waals surface area contributed by atoms with Gasteiger partial charge in [0.15, 0.2) is 0 Å². The Morgan fingerprint density at radius 2 is 1.76 bits per heavy atom. The number of carbonyl (C=O) groups is 2. The van der Waals surface area contributed by atoms with E-state index in [0.717, 1.165) is 15.4 Å². The normalized spacial score (nSPS) is 12.9. The monoisotopic (exact) mass is 512 g/mol. The van der Waals surface area contributed by atoms with Gasteiger partial charge in [-0.2, -0.15) is 0 Å². The Kier molecular flexibility index (Phi) is 8.46. The minimum atomic E-state index is -0.606. The molecule has 8 heteroatoms. The van der Waals surface area contributed by atoms with Gasteiger partial charge in [0.05, 0.1) is 0 Å². The van der Waals surface area contributed by atoms with E-state index in [1.54, 1.807) is 35.8 Å². The first kappa shape index (κ1) is 24.3. The molecule has 4 N–H and O–H groups in total. The van der Waals surface area contributed by atoms with Gasteiger partial charge in [0.2, 0.25) is 0 Å². The summed E-state index contributed by atoms with van der Waals surface area (Å²) in [6.07, 6.45) is 2.85. The number of hydroxylamine groups is 1. The molecule has 172 valence electrons. The van der Waals surface area contributed by atoms with E-state index in [1.165, 1.54) is 6.08 Å². The number of ether oxygens (including phenoxy) is 1. The standard InChI is InChI=1S/C25H25BrN2O5/c1-16(6-2-5-9-23(30)28-32)24(33-25(31)27-18-12-10-17(26)11-13-18)21-14-15-22(29)20-8-4-3-7-19(20)21/h3-5,7-16,24,29,32H,2,6H2,1H3,(H,27,31)(H,28,30)/b9-5+/t16-,24+/m1/s1. The molecule has 2 atom stereocenters. The number of nitrogens with one attached hydrogen (secondary N) is 2. The SMILES string of the molecule is C[C@H](CC/C=C/C(=O)NO)[C@H](OC(=O)Nc1ccc(Br)cc1)c1ccc(O)c2ccccc12. The van der Waals surface area contributed by atoms with Crippen LogP contribution in [0.3, 0.4) is 0 Å². The number of benzene rings is 3. The summed E-state index contributed by atoms with van der Waals surface area (Å²) in [6, 6.07) is 17.9. The number of aromatic hydroxyl groups is 1. The lowest BCUT2D eigenvalue weighted by Gasteiger charge is -2.26. The van der Waals surface area contributed by atoms with Crippen LogP contribution >= 0.6 is 15.9 Å². The van der Waals surface area contributed by atoms with Crippen molar-refractivity contribution in [1.29, 1.82) is 0 Å². The van der Waals surface area contributed by atoms with Gasteiger partial charge in [0, 0.05) is 27.2 Å². The van der Waals surface area contributed by atoms with Crippen LogP contribution in [-0.2, 0) is 9.53 Å². The highest BCUT2D eigenvalue weighted by Crippen LogP contribution is 2.37. The number of halogens is 1. The maximum Gasteiger partial charge on any atom is 0.412 e. The Hall–Kier alpha value is -3.36. The molecular formula is C25H25BrN2O5. The first-order valence-corrected chi connectivity index (χ1v) is 11.2. The first-order valence-electron chi connectivity index (χ1n) is 10.4. The summed E-state index contributed by atoms with van der Waals surface area (Å²) in [4.78, 5) is 23.9. The molecule has 33 heavy (non-hydrogen) atoms. The number of fused-ring (bicyclic) bond motifs is 1. The quantitative estimate of drug-likeness (QED) is 0.166. The fourth-order valence-electron chi connectivity index (χ4n) is 3.57. The van der Waals surface area contributed by atoms with Gasteiger partial charge in [0.25, 0.3) is 5.91 Å². The maximum absolute atomic E-state index is 12.8. The highest BCUT2D eigenvalue weighted by Gasteiger charge is 2.26. The zero-order valence-corrected chi connectivity index (χ0v) is 19.6. The number of carbonyl (C=O) groups excluding carboxylic acids is 2. The van der Waals surface area contributed by atoms with E-state index in [-0.39, 0.29) is 11.7 Å². The molecule has 0 heterocycles. The van der Waals surface area contributed by atoms with Crippen LogP contribution in [0, 0.1) is 5.92 Å². The third kappa shape index (κ3) is 6.57. The van der Waals surface area contributed by atoms with Crippen molar-refractivity contribution in [3.8, 4) is 5.75 Å². The molecule has 0 saturated carbocycles. The number of anilines is 1. The number of phenolic OH excluding ortho intramolecular Hbond substituents is 1. The van der Waals surface area contributed by atoms with Crippen LogP contribution in [0.15, 0.2) is 77.3 Å². The molecule has 0 saturated heterocycles. The number of allylic oxidation sites excluding steroid dienone is 1. The van der Waals surface area contributed by atoms with E-state index < -0.39 is 18.1 Å². The van der Waals surface area contributed by atoms with E-state index in [0.29, 0.717) is 23.9 Å². The van der Waals surface area contributed by atoms with E-state index in [1.807, 2.05) is 43.3 Å². The van der Waals surface area contributed by atoms with Crippen molar-refractivity contribution >= 4 is 44.4 Å². The lowest BCUT2D eigenvalue weighted by atomic mass is 9.89. The minimum Gasteiger partial charge on any atom is -0.507 e. The summed E-state index contributed by atoms with van der Waals surface area (Å²) in [6.45, 7) is 1.96. The molecular weight excluding hydrogens is 488 g/mol. The molecule has 3 aromatic carbocycles. The Morgan fingerprint density at radius 1 is 1.06 bits per heavy atom. The fraction of sp³-hybridized carbons (Fsp3) is 0.200. The number of amides is 2. The molecule has 0 fully saturated rings. The van der Waals surface area contributed by atoms with Crippen LogP contribution in [0.25, 0.3) is 10.8 Å². The summed E-state index contributed by atoms with van der Waals surface area (Å²) in [7, 11) is 0. The van der Waals surface area contributed by atoms with Gasteiger partial charge in [-0.3, -0.25) is 15.3 Å². The third-order valence-electron chi connectivity index (χ3n) is 5.25. The molecule has 0 aliphatic carbocycles. The maximum atomic E-state index is 12.8. The summed E-state index contributed by atoms with van der Waals surface area (Å²) in [5.74, 6) is -0.567. The van der Waals surface area contributed by atoms with E-state index in [4.69, 9.17) is 9.94 Å². The number of hydrogen-bond acceptors (Lipinski definition) is 5. The summed E-state index contributed by atoms with van der Waals surface area (Å²) in [5, 5.41) is 23.1. The van der Waals surface area contributed by atoms with Gasteiger partial charge in [-0.05, 0) is 54.5 Å². The van der Waals surface area contributed by atoms with Crippen molar-refractivity contribution in [1.82, 2.24) is 5.48 Å². The summed E-state index contributed by atoms with van der Waals surface area (Å²) < 4.78 is 6.79. The largest absolute Gasteiger partial charge is 0.507 e. The van der Waals surface area contributed by atoms with Crippen molar-refractivity contribution in [2.75, 3.05) is 5.32 Å². The zero-order valence-electron chi connectivity index (χ0n) is 18.0. The molecule has 0 radical (unpaired) electrons. The Labute approximate surface area is 200 Å². The van der Waals surface area contributed by atoms with Crippen LogP contribution in [0.2, 0.25) is 0 Å². The lowest BCUT2D eigenvalue weighted by molar-refractivity contribution is -0.124. The summed E-state index contributed by atoms with van der Waals surface area (Å²) >= 11 is 3.37. The van der Waals surface area contributed by atoms with E-state index in [9.17, 15) is 14.7 Å². The van der Waals surface area contributed by atoms with Crippen LogP contribution in [-0.4, -0.2) is 22.3 Å². The van der Waals surface area contributed by atoms with Crippen LogP contribution in [0.1, 0.15) is 31.4 Å². The van der Waals surface area contributed by atoms with Crippen molar-refractivity contribution in [3.05, 3.63) is 82.9 Å². The predicted molar refractivity (Wildman–Crippen MR) is 130 cm³/mol. The molecule has 0 unspecified atom stereocenters. The van der Waals surface area contributed by atoms with Crippen LogP contribution in [0.4, 0.5) is 10.5 Å². The number of rotatable bonds is 8. The van der Waals surface area contributed by atoms with Gasteiger partial charge in [0.1, 0.15) is 11.9 Å². The van der Waals surface area contributed by atoms with Crippen molar-refractivity contribution in [2.45, 2.75) is 25.9 Å². The van der Waals surface area contributed by atoms with Gasteiger partial charge in [-0.25, -0.2) is 10.3 Å². The van der Waals surface area contributed by atoms with Crippen molar-refractivity contribution in [2.24, 2.45) is 5.92 Å². The van der Waals surface area contributed by atoms with Crippen LogP contribution < -0.4 is 10.8 Å². The minimum absolute atomic E-state index is 0.115. The average Bonchev–Trinajstić information content (AvgIpc) is 2.82. The molecule has 2 amide bonds. The van der Waals surface area contributed by atoms with Gasteiger partial charge in [-0.1, -0.05) is 59.3 Å². The molecule has 0 aliphatic heterocycles. The second kappa shape index (κ2) is 11.5. The number of phenols is 1. The first-order chi connectivity index (χ1) is 15.9. The van der Waals surface area contributed by atoms with Gasteiger partial charge in [-0.15, -0.1) is 0 Å². The molecule has 0 bridgehead atoms. The van der Waals surface area contributed by atoms with E-state index in [2.05, 4.69) is 21.2 Å². The second-order valence-corrected chi connectivity index (χ2v) is 8.53. The van der Waals surface area contributed by atoms with Crippen molar-refractivity contribution < 1.29 is 24.6 Å². The predicted octanol–water partition coefficient (Wildman–Crippen LogP) is 6.08. The van der Waals surface area contributed by atoms with E-state index >= 15 is 0 Å². The Bertz CT molecular complexity index is 1150. The molecule has 0 aliphatic rings. The Balaban J connectivity index is 1.85. The second-order valence-electron chi connectivity index (χ2n) is 7.61. The Morgan fingerprint density at radius 3 is 2.45 bits per heavy atom. The molecule has 3 aromatic rings. The fourth-order valence-corrected chi connectivity index (χ4v) is 3.84. The van der Waals surface area contributed by atoms with Gasteiger partial charge >= 0.3 is 6.09 Å². The van der Waals surface area contributed by atoms with Crippen LogP contribution in [0.5, 0.6) is 5.75 Å². The highest BCUT2D eigenvalue weighted by molar-refractivity contribution is 9.10. The summed E-state index contributed by atoms with van der Waals surface area (Å²) in [5.41, 5.74) is 2.93.